The zero-order valence-electron chi connectivity index (χ0n) is 15.3. The van der Waals surface area contributed by atoms with Gasteiger partial charge in [-0.2, -0.15) is 0 Å². The maximum Gasteiger partial charge on any atom is 0.337 e. The van der Waals surface area contributed by atoms with E-state index in [1.165, 1.54) is 7.11 Å². The number of benzene rings is 3. The standard InChI is InChI=1S/C22H15ClN2O4/c1-29-22(28)14-9-11-15(12-10-14)24-19-18(23)20(26)25(21(19)27)17-8-4-6-13-5-2-3-7-16(13)17/h2-12,24H,1H3. The summed E-state index contributed by atoms with van der Waals surface area (Å²) in [5.41, 5.74) is 1.32. The molecule has 0 atom stereocenters. The molecule has 1 aliphatic rings. The highest BCUT2D eigenvalue weighted by molar-refractivity contribution is 6.53. The Kier molecular flexibility index (Phi) is 4.78. The fourth-order valence-electron chi connectivity index (χ4n) is 3.19. The van der Waals surface area contributed by atoms with Crippen LogP contribution in [0.5, 0.6) is 0 Å². The van der Waals surface area contributed by atoms with Crippen LogP contribution < -0.4 is 10.2 Å². The van der Waals surface area contributed by atoms with Crippen molar-refractivity contribution < 1.29 is 19.1 Å². The van der Waals surface area contributed by atoms with Gasteiger partial charge in [-0.25, -0.2) is 9.69 Å². The molecule has 0 unspecified atom stereocenters. The van der Waals surface area contributed by atoms with Crippen LogP contribution in [-0.4, -0.2) is 24.9 Å². The summed E-state index contributed by atoms with van der Waals surface area (Å²) >= 11 is 6.20. The van der Waals surface area contributed by atoms with Crippen LogP contribution in [0.3, 0.4) is 0 Å². The number of nitrogens with one attached hydrogen (secondary N) is 1. The summed E-state index contributed by atoms with van der Waals surface area (Å²) in [6, 6.07) is 19.2. The molecule has 1 heterocycles. The number of rotatable bonds is 4. The minimum Gasteiger partial charge on any atom is -0.465 e. The third-order valence-electron chi connectivity index (χ3n) is 4.61. The highest BCUT2D eigenvalue weighted by atomic mass is 35.5. The molecule has 29 heavy (non-hydrogen) atoms. The second kappa shape index (κ2) is 7.41. The molecule has 0 saturated heterocycles. The number of fused-ring (bicyclic) bond motifs is 1. The topological polar surface area (TPSA) is 75.7 Å². The van der Waals surface area contributed by atoms with Crippen molar-refractivity contribution in [3.63, 3.8) is 0 Å². The van der Waals surface area contributed by atoms with E-state index in [2.05, 4.69) is 10.1 Å². The zero-order chi connectivity index (χ0) is 20.5. The van der Waals surface area contributed by atoms with Gasteiger partial charge in [0.15, 0.2) is 0 Å². The maximum absolute atomic E-state index is 13.0. The molecule has 0 aromatic heterocycles. The van der Waals surface area contributed by atoms with E-state index < -0.39 is 17.8 Å². The molecule has 3 aromatic rings. The number of ether oxygens (including phenoxy) is 1. The van der Waals surface area contributed by atoms with Gasteiger partial charge in [0, 0.05) is 11.1 Å². The van der Waals surface area contributed by atoms with E-state index in [9.17, 15) is 14.4 Å². The molecule has 7 heteroatoms. The Hall–Kier alpha value is -3.64. The van der Waals surface area contributed by atoms with Gasteiger partial charge >= 0.3 is 5.97 Å². The van der Waals surface area contributed by atoms with Crippen LogP contribution in [0.2, 0.25) is 0 Å². The molecular weight excluding hydrogens is 392 g/mol. The van der Waals surface area contributed by atoms with Crippen molar-refractivity contribution in [2.24, 2.45) is 0 Å². The summed E-state index contributed by atoms with van der Waals surface area (Å²) in [5.74, 6) is -1.61. The maximum atomic E-state index is 13.0. The second-order valence-electron chi connectivity index (χ2n) is 6.33. The van der Waals surface area contributed by atoms with Crippen molar-refractivity contribution in [1.29, 1.82) is 0 Å². The first-order valence-corrected chi connectivity index (χ1v) is 9.11. The van der Waals surface area contributed by atoms with Crippen LogP contribution in [-0.2, 0) is 14.3 Å². The lowest BCUT2D eigenvalue weighted by Crippen LogP contribution is -2.32. The summed E-state index contributed by atoms with van der Waals surface area (Å²) in [6.45, 7) is 0. The fourth-order valence-corrected chi connectivity index (χ4v) is 3.40. The minimum absolute atomic E-state index is 0.0181. The lowest BCUT2D eigenvalue weighted by atomic mass is 10.1. The van der Waals surface area contributed by atoms with E-state index in [-0.39, 0.29) is 10.7 Å². The number of hydrogen-bond acceptors (Lipinski definition) is 5. The number of methoxy groups -OCH3 is 1. The Morgan fingerprint density at radius 1 is 0.931 bits per heavy atom. The smallest absolute Gasteiger partial charge is 0.337 e. The highest BCUT2D eigenvalue weighted by Gasteiger charge is 2.39. The van der Waals surface area contributed by atoms with Crippen LogP contribution in [0.15, 0.2) is 77.5 Å². The van der Waals surface area contributed by atoms with E-state index in [1.54, 1.807) is 36.4 Å². The molecule has 0 saturated carbocycles. The SMILES string of the molecule is COC(=O)c1ccc(NC2=C(Cl)C(=O)N(c3cccc4ccccc34)C2=O)cc1. The number of halogens is 1. The molecule has 1 aliphatic heterocycles. The molecule has 0 spiro atoms. The van der Waals surface area contributed by atoms with Crippen molar-refractivity contribution in [1.82, 2.24) is 0 Å². The van der Waals surface area contributed by atoms with Gasteiger partial charge in [-0.3, -0.25) is 9.59 Å². The number of anilines is 2. The summed E-state index contributed by atoms with van der Waals surface area (Å²) in [7, 11) is 1.30. The first-order chi connectivity index (χ1) is 14.0. The normalized spacial score (nSPS) is 13.9. The Balaban J connectivity index is 1.65. The monoisotopic (exact) mass is 406 g/mol. The van der Waals surface area contributed by atoms with Crippen molar-refractivity contribution in [2.75, 3.05) is 17.3 Å². The first-order valence-electron chi connectivity index (χ1n) is 8.73. The average molecular weight is 407 g/mol. The molecule has 0 fully saturated rings. The van der Waals surface area contributed by atoms with E-state index in [0.29, 0.717) is 16.9 Å². The van der Waals surface area contributed by atoms with Gasteiger partial charge in [0.25, 0.3) is 11.8 Å². The van der Waals surface area contributed by atoms with E-state index in [4.69, 9.17) is 11.6 Å². The molecule has 0 bridgehead atoms. The second-order valence-corrected chi connectivity index (χ2v) is 6.70. The number of carbonyl (C=O) groups is 3. The number of imide groups is 1. The average Bonchev–Trinajstić information content (AvgIpc) is 2.96. The molecule has 1 N–H and O–H groups in total. The predicted molar refractivity (Wildman–Crippen MR) is 111 cm³/mol. The highest BCUT2D eigenvalue weighted by Crippen LogP contribution is 2.34. The van der Waals surface area contributed by atoms with Crippen molar-refractivity contribution in [3.05, 3.63) is 83.0 Å². The van der Waals surface area contributed by atoms with Crippen LogP contribution >= 0.6 is 11.6 Å². The number of hydrogen-bond donors (Lipinski definition) is 1. The van der Waals surface area contributed by atoms with Crippen molar-refractivity contribution in [2.45, 2.75) is 0 Å². The summed E-state index contributed by atoms with van der Waals surface area (Å²) < 4.78 is 4.66. The molecule has 3 aromatic carbocycles. The Bertz CT molecular complexity index is 1180. The van der Waals surface area contributed by atoms with Crippen LogP contribution in [0.1, 0.15) is 10.4 Å². The quantitative estimate of drug-likeness (QED) is 0.522. The number of carbonyl (C=O) groups excluding carboxylic acids is 3. The number of esters is 1. The molecule has 144 valence electrons. The zero-order valence-corrected chi connectivity index (χ0v) is 16.1. The molecule has 6 nitrogen and oxygen atoms in total. The van der Waals surface area contributed by atoms with Gasteiger partial charge in [-0.05, 0) is 35.7 Å². The lowest BCUT2D eigenvalue weighted by molar-refractivity contribution is -0.120. The van der Waals surface area contributed by atoms with Gasteiger partial charge in [0.1, 0.15) is 10.7 Å². The summed E-state index contributed by atoms with van der Waals surface area (Å²) in [5, 5.41) is 4.36. The van der Waals surface area contributed by atoms with Crippen molar-refractivity contribution >= 4 is 51.5 Å². The summed E-state index contributed by atoms with van der Waals surface area (Å²) in [6.07, 6.45) is 0. The van der Waals surface area contributed by atoms with E-state index in [0.717, 1.165) is 15.7 Å². The minimum atomic E-state index is -0.596. The van der Waals surface area contributed by atoms with Crippen LogP contribution in [0, 0.1) is 0 Å². The van der Waals surface area contributed by atoms with Gasteiger partial charge in [-0.1, -0.05) is 48.0 Å². The van der Waals surface area contributed by atoms with Gasteiger partial charge in [0.05, 0.1) is 18.4 Å². The number of amides is 2. The van der Waals surface area contributed by atoms with E-state index in [1.807, 2.05) is 30.3 Å². The van der Waals surface area contributed by atoms with E-state index >= 15 is 0 Å². The molecule has 2 amide bonds. The Labute approximate surface area is 171 Å². The third-order valence-corrected chi connectivity index (χ3v) is 4.96. The molecule has 0 aliphatic carbocycles. The van der Waals surface area contributed by atoms with Crippen LogP contribution in [0.25, 0.3) is 10.8 Å². The number of nitrogens with zero attached hydrogens (tertiary/aromatic N) is 1. The Morgan fingerprint density at radius 2 is 1.62 bits per heavy atom. The predicted octanol–water partition coefficient (Wildman–Crippen LogP) is 4.06. The molecular formula is C22H15ClN2O4. The van der Waals surface area contributed by atoms with Gasteiger partial charge in [0.2, 0.25) is 0 Å². The lowest BCUT2D eigenvalue weighted by Gasteiger charge is -2.17. The Morgan fingerprint density at radius 3 is 2.34 bits per heavy atom. The molecule has 4 rings (SSSR count). The summed E-state index contributed by atoms with van der Waals surface area (Å²) in [4.78, 5) is 38.4. The van der Waals surface area contributed by atoms with Gasteiger partial charge in [-0.15, -0.1) is 0 Å². The molecule has 0 radical (unpaired) electrons. The van der Waals surface area contributed by atoms with Crippen molar-refractivity contribution in [3.8, 4) is 0 Å². The fraction of sp³-hybridized carbons (Fsp3) is 0.0455. The third kappa shape index (κ3) is 3.23. The van der Waals surface area contributed by atoms with Crippen LogP contribution in [0.4, 0.5) is 11.4 Å². The largest absolute Gasteiger partial charge is 0.465 e. The first kappa shape index (κ1) is 18.7. The van der Waals surface area contributed by atoms with Gasteiger partial charge < -0.3 is 10.1 Å².